The fourth-order valence-electron chi connectivity index (χ4n) is 3.64. The van der Waals surface area contributed by atoms with E-state index in [0.29, 0.717) is 23.5 Å². The summed E-state index contributed by atoms with van der Waals surface area (Å²) in [6, 6.07) is 12.6. The van der Waals surface area contributed by atoms with Crippen molar-refractivity contribution in [1.29, 1.82) is 0 Å². The van der Waals surface area contributed by atoms with Crippen LogP contribution >= 0.6 is 0 Å². The maximum absolute atomic E-state index is 12.8. The second-order valence-electron chi connectivity index (χ2n) is 8.31. The Morgan fingerprint density at radius 1 is 1.15 bits per heavy atom. The van der Waals surface area contributed by atoms with E-state index in [9.17, 15) is 18.3 Å². The first-order valence-electron chi connectivity index (χ1n) is 10.6. The summed E-state index contributed by atoms with van der Waals surface area (Å²) in [7, 11) is -3.01. The highest BCUT2D eigenvalue weighted by molar-refractivity contribution is 7.90. The van der Waals surface area contributed by atoms with Gasteiger partial charge < -0.3 is 14.4 Å². The highest BCUT2D eigenvalue weighted by atomic mass is 32.2. The van der Waals surface area contributed by atoms with Crippen LogP contribution in [0.4, 0.5) is 4.79 Å². The summed E-state index contributed by atoms with van der Waals surface area (Å²) in [5.74, 6) is 0.557. The van der Waals surface area contributed by atoms with Crippen molar-refractivity contribution in [1.82, 2.24) is 14.3 Å². The summed E-state index contributed by atoms with van der Waals surface area (Å²) in [6.07, 6.45) is 4.12. The molecule has 0 aliphatic heterocycles. The molecule has 1 heterocycles. The minimum atomic E-state index is -4.12. The topological polar surface area (TPSA) is 111 Å². The Hall–Kier alpha value is -3.17. The van der Waals surface area contributed by atoms with E-state index in [1.54, 1.807) is 32.3 Å². The maximum atomic E-state index is 12.8. The minimum absolute atomic E-state index is 0.000529. The molecule has 33 heavy (non-hydrogen) atoms. The monoisotopic (exact) mass is 471 g/mol. The molecule has 1 aromatic heterocycles. The molecule has 0 aliphatic carbocycles. The second-order valence-corrected chi connectivity index (χ2v) is 9.96. The number of nitrogens with zero attached hydrogens (tertiary/aromatic N) is 2. The van der Waals surface area contributed by atoms with Gasteiger partial charge in [-0.2, -0.15) is 0 Å². The number of carbonyl (C=O) groups is 1. The van der Waals surface area contributed by atoms with E-state index in [4.69, 9.17) is 0 Å². The SMILES string of the molecule is CCCc1ccc(S(=O)(=O)NC(=O)OC)c(-c2ccc(Cn3ccnc3C(C)(C)O)cc2)c1. The summed E-state index contributed by atoms with van der Waals surface area (Å²) in [4.78, 5) is 15.8. The summed E-state index contributed by atoms with van der Waals surface area (Å²) >= 11 is 0. The van der Waals surface area contributed by atoms with Crippen LogP contribution in [0.1, 0.15) is 44.1 Å². The van der Waals surface area contributed by atoms with E-state index in [2.05, 4.69) is 16.6 Å². The zero-order valence-electron chi connectivity index (χ0n) is 19.2. The number of methoxy groups -OCH3 is 1. The van der Waals surface area contributed by atoms with Crippen molar-refractivity contribution in [3.8, 4) is 11.1 Å². The van der Waals surface area contributed by atoms with Crippen LogP contribution < -0.4 is 4.72 Å². The molecule has 2 aromatic carbocycles. The Morgan fingerprint density at radius 2 is 1.82 bits per heavy atom. The fourth-order valence-corrected chi connectivity index (χ4v) is 4.77. The Labute approximate surface area is 194 Å². The lowest BCUT2D eigenvalue weighted by molar-refractivity contribution is 0.0652. The molecule has 2 N–H and O–H groups in total. The number of amides is 1. The lowest BCUT2D eigenvalue weighted by Gasteiger charge is -2.19. The smallest absolute Gasteiger partial charge is 0.420 e. The van der Waals surface area contributed by atoms with Crippen molar-refractivity contribution in [2.45, 2.75) is 50.7 Å². The van der Waals surface area contributed by atoms with Gasteiger partial charge in [-0.15, -0.1) is 0 Å². The molecule has 0 aliphatic rings. The first-order valence-corrected chi connectivity index (χ1v) is 12.1. The summed E-state index contributed by atoms with van der Waals surface area (Å²) in [6.45, 7) is 5.92. The molecule has 8 nitrogen and oxygen atoms in total. The summed E-state index contributed by atoms with van der Waals surface area (Å²) in [5.41, 5.74) is 2.10. The van der Waals surface area contributed by atoms with Crippen LogP contribution in [0.3, 0.4) is 0 Å². The van der Waals surface area contributed by atoms with E-state index in [-0.39, 0.29) is 4.90 Å². The molecule has 0 unspecified atom stereocenters. The number of aryl methyl sites for hydroxylation is 1. The Morgan fingerprint density at radius 3 is 2.42 bits per heavy atom. The van der Waals surface area contributed by atoms with Gasteiger partial charge in [-0.3, -0.25) is 0 Å². The highest BCUT2D eigenvalue weighted by Gasteiger charge is 2.24. The van der Waals surface area contributed by atoms with Crippen molar-refractivity contribution in [3.63, 3.8) is 0 Å². The van der Waals surface area contributed by atoms with Crippen LogP contribution in [0, 0.1) is 0 Å². The number of nitrogens with one attached hydrogen (secondary N) is 1. The van der Waals surface area contributed by atoms with Gasteiger partial charge in [0.05, 0.1) is 12.0 Å². The first-order chi connectivity index (χ1) is 15.5. The number of hydrogen-bond acceptors (Lipinski definition) is 6. The second kappa shape index (κ2) is 9.76. The van der Waals surface area contributed by atoms with Crippen LogP contribution in [0.15, 0.2) is 59.8 Å². The summed E-state index contributed by atoms with van der Waals surface area (Å²) in [5, 5.41) is 10.3. The zero-order chi connectivity index (χ0) is 24.2. The molecule has 0 atom stereocenters. The maximum Gasteiger partial charge on any atom is 0.420 e. The molecular formula is C24H29N3O5S. The van der Waals surface area contributed by atoms with Crippen LogP contribution in [-0.4, -0.2) is 36.3 Å². The number of rotatable bonds is 8. The summed E-state index contributed by atoms with van der Waals surface area (Å²) < 4.78 is 33.9. The van der Waals surface area contributed by atoms with Gasteiger partial charge in [0.25, 0.3) is 10.0 Å². The molecule has 0 radical (unpaired) electrons. The van der Waals surface area contributed by atoms with E-state index in [1.165, 1.54) is 6.07 Å². The van der Waals surface area contributed by atoms with Crippen LogP contribution in [-0.2, 0) is 33.3 Å². The Kier molecular flexibility index (Phi) is 7.24. The third kappa shape index (κ3) is 5.80. The third-order valence-electron chi connectivity index (χ3n) is 5.16. The predicted octanol–water partition coefficient (Wildman–Crippen LogP) is 3.82. The van der Waals surface area contributed by atoms with E-state index < -0.39 is 21.7 Å². The number of imidazole rings is 1. The number of aliphatic hydroxyl groups is 1. The lowest BCUT2D eigenvalue weighted by atomic mass is 10.00. The molecule has 0 spiro atoms. The Bertz CT molecular complexity index is 1230. The third-order valence-corrected chi connectivity index (χ3v) is 6.53. The molecule has 176 valence electrons. The molecule has 0 saturated heterocycles. The van der Waals surface area contributed by atoms with Gasteiger partial charge in [0.15, 0.2) is 0 Å². The number of carbonyl (C=O) groups excluding carboxylic acids is 1. The highest BCUT2D eigenvalue weighted by Crippen LogP contribution is 2.30. The van der Waals surface area contributed by atoms with Gasteiger partial charge in [0, 0.05) is 24.5 Å². The van der Waals surface area contributed by atoms with Crippen molar-refractivity contribution in [2.24, 2.45) is 0 Å². The van der Waals surface area contributed by atoms with Gasteiger partial charge in [-0.25, -0.2) is 22.9 Å². The standard InChI is InChI=1S/C24H29N3O5S/c1-5-6-17-9-12-21(33(30,31)26-23(28)32-4)20(15-17)19-10-7-18(8-11-19)16-27-14-13-25-22(27)24(2,3)29/h7-15,29H,5-6,16H2,1-4H3,(H,26,28). The van der Waals surface area contributed by atoms with Crippen molar-refractivity contribution < 1.29 is 23.1 Å². The van der Waals surface area contributed by atoms with Crippen molar-refractivity contribution >= 4 is 16.1 Å². The van der Waals surface area contributed by atoms with E-state index in [1.807, 2.05) is 39.6 Å². The van der Waals surface area contributed by atoms with Crippen LogP contribution in [0.2, 0.25) is 0 Å². The largest absolute Gasteiger partial charge is 0.452 e. The quantitative estimate of drug-likeness (QED) is 0.517. The lowest BCUT2D eigenvalue weighted by Crippen LogP contribution is -2.30. The average molecular weight is 472 g/mol. The molecule has 0 fully saturated rings. The van der Waals surface area contributed by atoms with Gasteiger partial charge in [0.2, 0.25) is 0 Å². The zero-order valence-corrected chi connectivity index (χ0v) is 20.0. The fraction of sp³-hybridized carbons (Fsp3) is 0.333. The van der Waals surface area contributed by atoms with Gasteiger partial charge in [0.1, 0.15) is 11.4 Å². The molecule has 3 aromatic rings. The van der Waals surface area contributed by atoms with Gasteiger partial charge in [-0.05, 0) is 49.1 Å². The van der Waals surface area contributed by atoms with Crippen LogP contribution in [0.5, 0.6) is 0 Å². The van der Waals surface area contributed by atoms with Gasteiger partial charge in [-0.1, -0.05) is 43.7 Å². The van der Waals surface area contributed by atoms with Crippen molar-refractivity contribution in [3.05, 3.63) is 71.8 Å². The normalized spacial score (nSPS) is 11.9. The molecule has 0 bridgehead atoms. The number of benzene rings is 2. The number of sulfonamides is 1. The minimum Gasteiger partial charge on any atom is -0.452 e. The molecule has 1 amide bonds. The molecular weight excluding hydrogens is 442 g/mol. The number of hydrogen-bond donors (Lipinski definition) is 2. The van der Waals surface area contributed by atoms with Crippen LogP contribution in [0.25, 0.3) is 11.1 Å². The molecule has 0 saturated carbocycles. The first kappa shape index (κ1) is 24.5. The Balaban J connectivity index is 1.97. The number of aromatic nitrogens is 2. The van der Waals surface area contributed by atoms with E-state index >= 15 is 0 Å². The molecule has 9 heteroatoms. The predicted molar refractivity (Wildman–Crippen MR) is 125 cm³/mol. The number of ether oxygens (including phenoxy) is 1. The van der Waals surface area contributed by atoms with E-state index in [0.717, 1.165) is 31.1 Å². The molecule has 3 rings (SSSR count). The average Bonchev–Trinajstić information content (AvgIpc) is 3.23. The van der Waals surface area contributed by atoms with Gasteiger partial charge >= 0.3 is 6.09 Å². The van der Waals surface area contributed by atoms with Crippen molar-refractivity contribution in [2.75, 3.05) is 7.11 Å².